The maximum atomic E-state index is 15.9. The van der Waals surface area contributed by atoms with Gasteiger partial charge in [-0.2, -0.15) is 18.3 Å². The summed E-state index contributed by atoms with van der Waals surface area (Å²) in [5, 5.41) is 11.5. The molecule has 3 atom stereocenters. The van der Waals surface area contributed by atoms with Crippen molar-refractivity contribution >= 4 is 34.2 Å². The molecule has 9 nitrogen and oxygen atoms in total. The van der Waals surface area contributed by atoms with Crippen molar-refractivity contribution in [1.82, 2.24) is 29.9 Å². The number of rotatable bonds is 6. The summed E-state index contributed by atoms with van der Waals surface area (Å²) in [6.45, 7) is 1.22. The number of H-pyrrole nitrogens is 1. The number of amides is 2. The van der Waals surface area contributed by atoms with E-state index in [1.54, 1.807) is 0 Å². The summed E-state index contributed by atoms with van der Waals surface area (Å²) in [5.74, 6) is -3.44. The Bertz CT molecular complexity index is 1610. The lowest BCUT2D eigenvalue weighted by atomic mass is 9.90. The second-order valence-electron chi connectivity index (χ2n) is 9.66. The maximum Gasteiger partial charge on any atom is 0.419 e. The van der Waals surface area contributed by atoms with E-state index < -0.39 is 53.1 Å². The van der Waals surface area contributed by atoms with E-state index in [1.165, 1.54) is 29.9 Å². The molecule has 0 aliphatic heterocycles. The van der Waals surface area contributed by atoms with Crippen molar-refractivity contribution < 1.29 is 31.5 Å². The molecule has 2 aliphatic rings. The van der Waals surface area contributed by atoms with Crippen LogP contribution in [0.5, 0.6) is 0 Å². The van der Waals surface area contributed by atoms with Crippen LogP contribution in [0, 0.1) is 17.7 Å². The number of carbonyl (C=O) groups excluding carboxylic acids is 2. The number of halogens is 5. The lowest BCUT2D eigenvalue weighted by Gasteiger charge is -2.23. The zero-order valence-electron chi connectivity index (χ0n) is 19.7. The second-order valence-corrected chi connectivity index (χ2v) is 9.66. The number of alkyl halides is 4. The van der Waals surface area contributed by atoms with Crippen LogP contribution in [0.2, 0.25) is 0 Å². The van der Waals surface area contributed by atoms with E-state index >= 15 is 4.39 Å². The molecule has 1 unspecified atom stereocenters. The fraction of sp³-hybridized carbons (Fsp3) is 0.375. The Kier molecular flexibility index (Phi) is 5.40. The van der Waals surface area contributed by atoms with Gasteiger partial charge in [-0.25, -0.2) is 13.8 Å². The number of imidazole rings is 1. The second kappa shape index (κ2) is 8.46. The molecule has 0 radical (unpaired) electrons. The first-order valence-electron chi connectivity index (χ1n) is 11.9. The predicted molar refractivity (Wildman–Crippen MR) is 124 cm³/mol. The predicted octanol–water partition coefficient (Wildman–Crippen LogP) is 4.31. The Labute approximate surface area is 210 Å². The number of carbonyl (C=O) groups is 2. The summed E-state index contributed by atoms with van der Waals surface area (Å²) < 4.78 is 73.8. The molecule has 2 fully saturated rings. The minimum Gasteiger partial charge on any atom is -0.349 e. The summed E-state index contributed by atoms with van der Waals surface area (Å²) in [7, 11) is 0. The van der Waals surface area contributed by atoms with Gasteiger partial charge in [0.05, 0.1) is 41.8 Å². The summed E-state index contributed by atoms with van der Waals surface area (Å²) in [4.78, 5) is 32.1. The standard InChI is InChI=1S/C24H20F5N7O2/c1-9(37)32-21(10-2-3-10)18-20(26)19(24(27,28)29)17(12-5-31-35-22(12)18)14-7-36-8-15(33-16(36)6-30-14)34-23(38)11-4-13(11)25/h5-8,10-11,13,21H,2-4H2,1H3,(H,31,35)(H,32,37)(H,34,38)/t11-,13+,21?/m1/s1. The van der Waals surface area contributed by atoms with Gasteiger partial charge in [-0.3, -0.25) is 19.7 Å². The molecule has 2 amide bonds. The number of nitrogens with one attached hydrogen (secondary N) is 3. The van der Waals surface area contributed by atoms with E-state index in [-0.39, 0.29) is 46.0 Å². The van der Waals surface area contributed by atoms with Crippen molar-refractivity contribution in [2.24, 2.45) is 11.8 Å². The van der Waals surface area contributed by atoms with E-state index in [0.29, 0.717) is 12.8 Å². The molecule has 3 aromatic heterocycles. The SMILES string of the molecule is CC(=O)NC(c1c(F)c(C(F)(F)F)c(-c2cn3cc(NC(=O)[C@@H]4C[C@@H]4F)nc3cn2)c2cn[nH]c12)C1CC1. The monoisotopic (exact) mass is 533 g/mol. The molecule has 0 bridgehead atoms. The molecule has 0 saturated heterocycles. The van der Waals surface area contributed by atoms with Crippen LogP contribution >= 0.6 is 0 Å². The number of nitrogens with zero attached hydrogens (tertiary/aromatic N) is 4. The van der Waals surface area contributed by atoms with Crippen LogP contribution in [0.4, 0.5) is 27.8 Å². The number of anilines is 1. The number of benzene rings is 1. The lowest BCUT2D eigenvalue weighted by Crippen LogP contribution is -2.29. The fourth-order valence-corrected chi connectivity index (χ4v) is 4.81. The highest BCUT2D eigenvalue weighted by molar-refractivity contribution is 5.98. The molecule has 198 valence electrons. The minimum atomic E-state index is -5.11. The van der Waals surface area contributed by atoms with Gasteiger partial charge in [0, 0.05) is 29.6 Å². The first-order valence-corrected chi connectivity index (χ1v) is 11.9. The molecule has 0 spiro atoms. The Morgan fingerprint density at radius 2 is 1.95 bits per heavy atom. The van der Waals surface area contributed by atoms with E-state index in [4.69, 9.17) is 0 Å². The fourth-order valence-electron chi connectivity index (χ4n) is 4.81. The Balaban J connectivity index is 1.50. The van der Waals surface area contributed by atoms with Gasteiger partial charge in [0.25, 0.3) is 0 Å². The van der Waals surface area contributed by atoms with Crippen LogP contribution in [-0.2, 0) is 15.8 Å². The molecule has 14 heteroatoms. The number of aromatic nitrogens is 5. The van der Waals surface area contributed by atoms with E-state index in [0.717, 1.165) is 6.20 Å². The molecule has 4 aromatic rings. The molecular formula is C24H20F5N7O2. The summed E-state index contributed by atoms with van der Waals surface area (Å²) in [6, 6.07) is -0.962. The molecule has 1 aromatic carbocycles. The Hall–Kier alpha value is -4.10. The quantitative estimate of drug-likeness (QED) is 0.320. The lowest BCUT2D eigenvalue weighted by molar-refractivity contribution is -0.139. The summed E-state index contributed by atoms with van der Waals surface area (Å²) in [6.07, 6.45) is -0.00747. The summed E-state index contributed by atoms with van der Waals surface area (Å²) in [5.41, 5.74) is -2.34. The third-order valence-electron chi connectivity index (χ3n) is 6.83. The minimum absolute atomic E-state index is 0.0204. The zero-order valence-corrected chi connectivity index (χ0v) is 19.7. The van der Waals surface area contributed by atoms with Crippen LogP contribution < -0.4 is 10.6 Å². The number of aromatic amines is 1. The number of hydrogen-bond donors (Lipinski definition) is 3. The molecule has 38 heavy (non-hydrogen) atoms. The molecule has 2 saturated carbocycles. The van der Waals surface area contributed by atoms with Crippen molar-refractivity contribution in [2.75, 3.05) is 5.32 Å². The van der Waals surface area contributed by atoms with Crippen molar-refractivity contribution in [2.45, 2.75) is 44.6 Å². The van der Waals surface area contributed by atoms with Gasteiger partial charge in [0.2, 0.25) is 11.8 Å². The molecule has 6 rings (SSSR count). The smallest absolute Gasteiger partial charge is 0.349 e. The average Bonchev–Trinajstić information content (AvgIpc) is 3.72. The molecule has 3 heterocycles. The van der Waals surface area contributed by atoms with Gasteiger partial charge >= 0.3 is 6.18 Å². The van der Waals surface area contributed by atoms with Gasteiger partial charge < -0.3 is 15.0 Å². The van der Waals surface area contributed by atoms with Crippen LogP contribution in [0.3, 0.4) is 0 Å². The van der Waals surface area contributed by atoms with Crippen molar-refractivity contribution in [3.8, 4) is 11.3 Å². The maximum absolute atomic E-state index is 15.9. The van der Waals surface area contributed by atoms with E-state index in [1.807, 2.05) is 0 Å². The van der Waals surface area contributed by atoms with Gasteiger partial charge in [-0.05, 0) is 25.2 Å². The average molecular weight is 533 g/mol. The normalized spacial score (nSPS) is 20.1. The van der Waals surface area contributed by atoms with Crippen LogP contribution in [0.1, 0.15) is 43.4 Å². The van der Waals surface area contributed by atoms with Crippen LogP contribution in [-0.4, -0.2) is 42.6 Å². The van der Waals surface area contributed by atoms with Gasteiger partial charge in [-0.1, -0.05) is 0 Å². The molecule has 2 aliphatic carbocycles. The van der Waals surface area contributed by atoms with Gasteiger partial charge in [0.15, 0.2) is 11.5 Å². The highest BCUT2D eigenvalue weighted by atomic mass is 19.4. The summed E-state index contributed by atoms with van der Waals surface area (Å²) >= 11 is 0. The Morgan fingerprint density at radius 1 is 1.21 bits per heavy atom. The van der Waals surface area contributed by atoms with Crippen molar-refractivity contribution in [3.05, 3.63) is 41.7 Å². The third-order valence-corrected chi connectivity index (χ3v) is 6.83. The topological polar surface area (TPSA) is 117 Å². The number of fused-ring (bicyclic) bond motifs is 2. The zero-order chi connectivity index (χ0) is 26.9. The van der Waals surface area contributed by atoms with Gasteiger partial charge in [-0.15, -0.1) is 0 Å². The first-order chi connectivity index (χ1) is 18.0. The van der Waals surface area contributed by atoms with E-state index in [2.05, 4.69) is 30.8 Å². The van der Waals surface area contributed by atoms with Crippen molar-refractivity contribution in [3.63, 3.8) is 0 Å². The van der Waals surface area contributed by atoms with Gasteiger partial charge in [0.1, 0.15) is 17.6 Å². The number of hydrogen-bond acceptors (Lipinski definition) is 5. The highest BCUT2D eigenvalue weighted by Gasteiger charge is 2.45. The molecular weight excluding hydrogens is 513 g/mol. The van der Waals surface area contributed by atoms with Crippen LogP contribution in [0.25, 0.3) is 27.8 Å². The third kappa shape index (κ3) is 4.13. The first kappa shape index (κ1) is 24.2. The largest absolute Gasteiger partial charge is 0.419 e. The van der Waals surface area contributed by atoms with Crippen LogP contribution in [0.15, 0.2) is 24.8 Å². The molecule has 3 N–H and O–H groups in total. The van der Waals surface area contributed by atoms with E-state index in [9.17, 15) is 27.2 Å². The highest BCUT2D eigenvalue weighted by Crippen LogP contribution is 2.49. The van der Waals surface area contributed by atoms with Crippen molar-refractivity contribution in [1.29, 1.82) is 0 Å². The Morgan fingerprint density at radius 3 is 2.58 bits per heavy atom.